The quantitative estimate of drug-likeness (QED) is 0.388. The summed E-state index contributed by atoms with van der Waals surface area (Å²) in [6.45, 7) is 4.72. The summed E-state index contributed by atoms with van der Waals surface area (Å²) in [5.74, 6) is -0.440. The maximum Gasteiger partial charge on any atom is 0.323 e. The molecule has 1 aliphatic carbocycles. The molecule has 3 rings (SSSR count). The third-order valence-electron chi connectivity index (χ3n) is 5.60. The lowest BCUT2D eigenvalue weighted by Gasteiger charge is -2.22. The van der Waals surface area contributed by atoms with Crippen molar-refractivity contribution in [3.05, 3.63) is 41.5 Å². The predicted molar refractivity (Wildman–Crippen MR) is 130 cm³/mol. The second-order valence-electron chi connectivity index (χ2n) is 8.81. The van der Waals surface area contributed by atoms with Crippen molar-refractivity contribution in [3.63, 3.8) is 0 Å². The van der Waals surface area contributed by atoms with Crippen LogP contribution in [0.1, 0.15) is 61.9 Å². The molecule has 3 amide bonds. The van der Waals surface area contributed by atoms with E-state index in [2.05, 4.69) is 24.5 Å². The molecule has 33 heavy (non-hydrogen) atoms. The number of carbonyl (C=O) groups is 3. The Bertz CT molecular complexity index is 981. The maximum atomic E-state index is 12.7. The Balaban J connectivity index is 1.65. The summed E-state index contributed by atoms with van der Waals surface area (Å²) < 4.78 is 5.72. The van der Waals surface area contributed by atoms with Crippen molar-refractivity contribution in [3.8, 4) is 10.4 Å². The standard InChI is InChI=1S/C24H32N4O4S/c1-14(2)11-19(23(30)32-17-5-3-4-6-17)27-13-15-7-9-16(10-8-15)20-12-18(21(25)29)22(33-20)28-24(26)31/h7-10,12,14,17,19,27H,3-6,11,13H2,1-2H3,(H2,25,29)(H3,26,28,31). The molecular formula is C24H32N4O4S. The molecule has 1 aromatic heterocycles. The van der Waals surface area contributed by atoms with Gasteiger partial charge in [-0.25, -0.2) is 4.79 Å². The van der Waals surface area contributed by atoms with Crippen LogP contribution in [0.2, 0.25) is 0 Å². The summed E-state index contributed by atoms with van der Waals surface area (Å²) in [5.41, 5.74) is 12.7. The zero-order chi connectivity index (χ0) is 24.0. The number of nitrogens with one attached hydrogen (secondary N) is 2. The highest BCUT2D eigenvalue weighted by Gasteiger charge is 2.26. The van der Waals surface area contributed by atoms with Gasteiger partial charge in [0.15, 0.2) is 0 Å². The first kappa shape index (κ1) is 24.7. The van der Waals surface area contributed by atoms with E-state index in [4.69, 9.17) is 16.2 Å². The molecule has 1 fully saturated rings. The largest absolute Gasteiger partial charge is 0.461 e. The number of urea groups is 1. The Morgan fingerprint density at radius 2 is 1.79 bits per heavy atom. The third kappa shape index (κ3) is 7.03. The van der Waals surface area contributed by atoms with Crippen LogP contribution in [0.5, 0.6) is 0 Å². The summed E-state index contributed by atoms with van der Waals surface area (Å²) >= 11 is 1.23. The number of anilines is 1. The number of esters is 1. The van der Waals surface area contributed by atoms with Crippen LogP contribution in [-0.2, 0) is 16.1 Å². The molecule has 1 aromatic carbocycles. The van der Waals surface area contributed by atoms with Gasteiger partial charge in [0.1, 0.15) is 17.1 Å². The summed E-state index contributed by atoms with van der Waals surface area (Å²) in [6.07, 6.45) is 4.93. The number of nitrogens with two attached hydrogens (primary N) is 2. The van der Waals surface area contributed by atoms with Crippen LogP contribution in [-0.4, -0.2) is 30.1 Å². The Morgan fingerprint density at radius 3 is 2.36 bits per heavy atom. The number of amides is 3. The minimum absolute atomic E-state index is 0.0540. The van der Waals surface area contributed by atoms with Gasteiger partial charge in [0.2, 0.25) is 0 Å². The monoisotopic (exact) mass is 472 g/mol. The van der Waals surface area contributed by atoms with Gasteiger partial charge in [0.05, 0.1) is 5.56 Å². The molecule has 0 radical (unpaired) electrons. The fourth-order valence-corrected chi connectivity index (χ4v) is 5.01. The van der Waals surface area contributed by atoms with E-state index < -0.39 is 11.9 Å². The van der Waals surface area contributed by atoms with Crippen molar-refractivity contribution in [2.75, 3.05) is 5.32 Å². The van der Waals surface area contributed by atoms with Crippen molar-refractivity contribution < 1.29 is 19.1 Å². The van der Waals surface area contributed by atoms with Crippen LogP contribution < -0.4 is 22.1 Å². The topological polar surface area (TPSA) is 137 Å². The minimum Gasteiger partial charge on any atom is -0.461 e. The molecular weight excluding hydrogens is 440 g/mol. The zero-order valence-electron chi connectivity index (χ0n) is 19.1. The molecule has 0 saturated heterocycles. The lowest BCUT2D eigenvalue weighted by atomic mass is 10.0. The second-order valence-corrected chi connectivity index (χ2v) is 9.86. The number of rotatable bonds is 10. The van der Waals surface area contributed by atoms with E-state index in [9.17, 15) is 14.4 Å². The fraction of sp³-hybridized carbons (Fsp3) is 0.458. The van der Waals surface area contributed by atoms with Crippen molar-refractivity contribution in [2.45, 2.75) is 64.6 Å². The van der Waals surface area contributed by atoms with Gasteiger partial charge in [-0.05, 0) is 55.2 Å². The van der Waals surface area contributed by atoms with Crippen molar-refractivity contribution >= 4 is 34.2 Å². The Morgan fingerprint density at radius 1 is 1.12 bits per heavy atom. The van der Waals surface area contributed by atoms with Gasteiger partial charge >= 0.3 is 12.0 Å². The van der Waals surface area contributed by atoms with E-state index in [0.717, 1.165) is 41.7 Å². The van der Waals surface area contributed by atoms with Crippen LogP contribution in [0, 0.1) is 5.92 Å². The highest BCUT2D eigenvalue weighted by molar-refractivity contribution is 7.20. The predicted octanol–water partition coefficient (Wildman–Crippen LogP) is 3.99. The van der Waals surface area contributed by atoms with Crippen LogP contribution in [0.15, 0.2) is 30.3 Å². The number of benzene rings is 1. The minimum atomic E-state index is -0.755. The fourth-order valence-electron chi connectivity index (χ4n) is 3.94. The third-order valence-corrected chi connectivity index (χ3v) is 6.70. The van der Waals surface area contributed by atoms with Gasteiger partial charge < -0.3 is 21.5 Å². The summed E-state index contributed by atoms with van der Waals surface area (Å²) in [6, 6.07) is 8.32. The van der Waals surface area contributed by atoms with Gasteiger partial charge in [-0.15, -0.1) is 11.3 Å². The van der Waals surface area contributed by atoms with E-state index in [1.54, 1.807) is 6.07 Å². The number of hydrogen-bond donors (Lipinski definition) is 4. The molecule has 1 unspecified atom stereocenters. The first-order valence-electron chi connectivity index (χ1n) is 11.3. The number of thiophene rings is 1. The number of ether oxygens (including phenoxy) is 1. The highest BCUT2D eigenvalue weighted by atomic mass is 32.1. The number of primary amides is 2. The molecule has 0 spiro atoms. The maximum absolute atomic E-state index is 12.7. The molecule has 6 N–H and O–H groups in total. The highest BCUT2D eigenvalue weighted by Crippen LogP contribution is 2.35. The van der Waals surface area contributed by atoms with Gasteiger partial charge in [-0.3, -0.25) is 14.9 Å². The lowest BCUT2D eigenvalue weighted by Crippen LogP contribution is -2.40. The number of carbonyl (C=O) groups excluding carboxylic acids is 3. The van der Waals surface area contributed by atoms with Crippen LogP contribution in [0.25, 0.3) is 10.4 Å². The summed E-state index contributed by atoms with van der Waals surface area (Å²) in [5, 5.41) is 6.13. The van der Waals surface area contributed by atoms with E-state index in [0.29, 0.717) is 23.9 Å². The molecule has 1 saturated carbocycles. The summed E-state index contributed by atoms with van der Waals surface area (Å²) in [4.78, 5) is 36.4. The van der Waals surface area contributed by atoms with Gasteiger partial charge in [0.25, 0.3) is 5.91 Å². The van der Waals surface area contributed by atoms with E-state index in [-0.39, 0.29) is 23.7 Å². The zero-order valence-corrected chi connectivity index (χ0v) is 19.9. The van der Waals surface area contributed by atoms with Gasteiger partial charge in [-0.1, -0.05) is 38.1 Å². The SMILES string of the molecule is CC(C)CC(NCc1ccc(-c2cc(C(N)=O)c(NC(N)=O)s2)cc1)C(=O)OC1CCCC1. The first-order chi connectivity index (χ1) is 15.7. The Kier molecular flexibility index (Phi) is 8.46. The van der Waals surface area contributed by atoms with Crippen LogP contribution >= 0.6 is 11.3 Å². The van der Waals surface area contributed by atoms with Crippen LogP contribution in [0.4, 0.5) is 9.80 Å². The molecule has 1 atom stereocenters. The Labute approximate surface area is 198 Å². The van der Waals surface area contributed by atoms with Crippen molar-refractivity contribution in [1.29, 1.82) is 0 Å². The van der Waals surface area contributed by atoms with Gasteiger partial charge in [0, 0.05) is 11.4 Å². The second kappa shape index (κ2) is 11.3. The van der Waals surface area contributed by atoms with Crippen LogP contribution in [0.3, 0.4) is 0 Å². The number of hydrogen-bond acceptors (Lipinski definition) is 6. The molecule has 178 valence electrons. The van der Waals surface area contributed by atoms with Crippen molar-refractivity contribution in [1.82, 2.24) is 5.32 Å². The molecule has 1 heterocycles. The lowest BCUT2D eigenvalue weighted by molar-refractivity contribution is -0.151. The first-order valence-corrected chi connectivity index (χ1v) is 12.1. The summed E-state index contributed by atoms with van der Waals surface area (Å²) in [7, 11) is 0. The van der Waals surface area contributed by atoms with E-state index in [1.807, 2.05) is 24.3 Å². The van der Waals surface area contributed by atoms with E-state index >= 15 is 0 Å². The molecule has 0 aliphatic heterocycles. The molecule has 9 heteroatoms. The van der Waals surface area contributed by atoms with Crippen molar-refractivity contribution in [2.24, 2.45) is 17.4 Å². The van der Waals surface area contributed by atoms with Gasteiger partial charge in [-0.2, -0.15) is 0 Å². The Hall–Kier alpha value is -2.91. The smallest absolute Gasteiger partial charge is 0.323 e. The average Bonchev–Trinajstić information content (AvgIpc) is 3.41. The molecule has 1 aliphatic rings. The normalized spacial score (nSPS) is 14.9. The molecule has 8 nitrogen and oxygen atoms in total. The molecule has 2 aromatic rings. The van der Waals surface area contributed by atoms with E-state index in [1.165, 1.54) is 11.3 Å². The molecule has 0 bridgehead atoms. The average molecular weight is 473 g/mol.